The summed E-state index contributed by atoms with van der Waals surface area (Å²) in [4.78, 5) is 38.0. The van der Waals surface area contributed by atoms with Gasteiger partial charge >= 0.3 is 0 Å². The summed E-state index contributed by atoms with van der Waals surface area (Å²) >= 11 is 0. The molecule has 10 nitrogen and oxygen atoms in total. The molecule has 0 aromatic heterocycles. The Morgan fingerprint density at radius 1 is 1.08 bits per heavy atom. The Hall–Kier alpha value is -3.31. The van der Waals surface area contributed by atoms with Crippen LogP contribution in [0.4, 0.5) is 0 Å². The summed E-state index contributed by atoms with van der Waals surface area (Å²) in [6.45, 7) is 3.17. The molecule has 2 aromatic rings. The van der Waals surface area contributed by atoms with Gasteiger partial charge in [-0.1, -0.05) is 12.1 Å². The van der Waals surface area contributed by atoms with Gasteiger partial charge in [-0.05, 0) is 39.2 Å². The van der Waals surface area contributed by atoms with Crippen LogP contribution in [-0.2, 0) is 22.4 Å². The van der Waals surface area contributed by atoms with Crippen molar-refractivity contribution in [3.05, 3.63) is 51.6 Å². The number of phenolic OH excluding ortho intramolecular Hbond substituents is 2. The van der Waals surface area contributed by atoms with Crippen LogP contribution < -0.4 is 10.5 Å². The third kappa shape index (κ3) is 4.61. The highest BCUT2D eigenvalue weighted by molar-refractivity contribution is 6.31. The van der Waals surface area contributed by atoms with Crippen LogP contribution in [0.3, 0.4) is 0 Å². The molecular weight excluding hydrogens is 482 g/mol. The van der Waals surface area contributed by atoms with Gasteiger partial charge in [0.15, 0.2) is 17.9 Å². The number of methoxy groups -OCH3 is 1. The third-order valence-corrected chi connectivity index (χ3v) is 7.27. The number of carbonyl (C=O) groups is 3. The summed E-state index contributed by atoms with van der Waals surface area (Å²) in [5, 5.41) is 41.1. The highest BCUT2D eigenvalue weighted by Crippen LogP contribution is 2.48. The number of ether oxygens (including phenoxy) is 2. The highest BCUT2D eigenvalue weighted by Gasteiger charge is 2.44. The van der Waals surface area contributed by atoms with Crippen molar-refractivity contribution in [3.63, 3.8) is 0 Å². The Morgan fingerprint density at radius 3 is 2.32 bits per heavy atom. The number of hydrogen-bond donors (Lipinski definition) is 5. The van der Waals surface area contributed by atoms with E-state index in [4.69, 9.17) is 20.3 Å². The van der Waals surface area contributed by atoms with Crippen molar-refractivity contribution in [2.24, 2.45) is 5.73 Å². The molecule has 10 heteroatoms. The number of fused-ring (bicyclic) bond motifs is 3. The van der Waals surface area contributed by atoms with Crippen LogP contribution in [0.2, 0.25) is 0 Å². The van der Waals surface area contributed by atoms with Gasteiger partial charge in [0.25, 0.3) is 0 Å². The van der Waals surface area contributed by atoms with Crippen LogP contribution in [0.5, 0.6) is 17.2 Å². The Labute approximate surface area is 213 Å². The molecular formula is C27H31NO9. The number of hydrogen-bond acceptors (Lipinski definition) is 10. The number of phenols is 2. The van der Waals surface area contributed by atoms with E-state index in [1.165, 1.54) is 26.2 Å². The molecule has 0 spiro atoms. The number of aliphatic hydroxyl groups excluding tert-OH is 1. The molecule has 1 heterocycles. The molecule has 3 unspecified atom stereocenters. The van der Waals surface area contributed by atoms with E-state index in [1.807, 2.05) is 6.92 Å². The molecule has 37 heavy (non-hydrogen) atoms. The van der Waals surface area contributed by atoms with E-state index in [-0.39, 0.29) is 70.5 Å². The SMILES string of the molecule is CC1CC(N)CC(O)O1.COc1cccc2c1C(=O)c1c(O)c3c(c(O)c1C2=O)C[C@@](O)(C(C)=O)CC3. The van der Waals surface area contributed by atoms with Gasteiger partial charge < -0.3 is 35.6 Å². The van der Waals surface area contributed by atoms with Crippen LogP contribution in [0.25, 0.3) is 0 Å². The second-order valence-corrected chi connectivity index (χ2v) is 9.84. The first-order valence-corrected chi connectivity index (χ1v) is 12.1. The van der Waals surface area contributed by atoms with Crippen LogP contribution in [0.1, 0.15) is 76.1 Å². The minimum Gasteiger partial charge on any atom is -0.507 e. The van der Waals surface area contributed by atoms with Crippen molar-refractivity contribution in [1.82, 2.24) is 0 Å². The predicted octanol–water partition coefficient (Wildman–Crippen LogP) is 1.52. The highest BCUT2D eigenvalue weighted by atomic mass is 16.6. The number of carbonyl (C=O) groups excluding carboxylic acids is 3. The number of Topliss-reactive ketones (excluding diaryl/α,β-unsaturated/α-hetero) is 1. The zero-order chi connectivity index (χ0) is 27.2. The number of ketones is 3. The summed E-state index contributed by atoms with van der Waals surface area (Å²) in [6.07, 6.45) is 0.798. The molecule has 2 aliphatic carbocycles. The fourth-order valence-corrected chi connectivity index (χ4v) is 5.28. The topological polar surface area (TPSA) is 177 Å². The van der Waals surface area contributed by atoms with Gasteiger partial charge in [-0.2, -0.15) is 0 Å². The average Bonchev–Trinajstić information content (AvgIpc) is 2.83. The standard InChI is InChI=1S/C21H18O7.C6H13NO2/c1-9(22)21(27)7-6-10-12(8-21)19(25)15-16(17(10)23)20(26)14-11(18(15)24)4-3-5-13(14)28-2;1-4-2-5(7)3-6(8)9-4/h3-5,23,25,27H,6-8H2,1-2H3;4-6,8H,2-3,7H2,1H3/t21-;/m1./s1. The molecule has 4 atom stereocenters. The van der Waals surface area contributed by atoms with Gasteiger partial charge in [0, 0.05) is 35.6 Å². The third-order valence-electron chi connectivity index (χ3n) is 7.27. The Morgan fingerprint density at radius 2 is 1.73 bits per heavy atom. The quantitative estimate of drug-likeness (QED) is 0.316. The van der Waals surface area contributed by atoms with E-state index >= 15 is 0 Å². The lowest BCUT2D eigenvalue weighted by Gasteiger charge is -2.34. The lowest BCUT2D eigenvalue weighted by molar-refractivity contribution is -0.161. The largest absolute Gasteiger partial charge is 0.507 e. The molecule has 1 fully saturated rings. The first kappa shape index (κ1) is 26.7. The first-order chi connectivity index (χ1) is 17.4. The van der Waals surface area contributed by atoms with Crippen molar-refractivity contribution in [2.45, 2.75) is 70.0 Å². The second-order valence-electron chi connectivity index (χ2n) is 9.84. The van der Waals surface area contributed by atoms with Crippen molar-refractivity contribution in [2.75, 3.05) is 7.11 Å². The molecule has 1 saturated heterocycles. The zero-order valence-corrected chi connectivity index (χ0v) is 20.9. The van der Waals surface area contributed by atoms with Crippen LogP contribution in [0, 0.1) is 0 Å². The van der Waals surface area contributed by atoms with Gasteiger partial charge in [-0.15, -0.1) is 0 Å². The fourth-order valence-electron chi connectivity index (χ4n) is 5.28. The Bertz CT molecular complexity index is 1260. The van der Waals surface area contributed by atoms with Crippen molar-refractivity contribution in [1.29, 1.82) is 0 Å². The summed E-state index contributed by atoms with van der Waals surface area (Å²) in [5.74, 6) is -2.39. The van der Waals surface area contributed by atoms with Crippen LogP contribution in [-0.4, -0.2) is 68.9 Å². The van der Waals surface area contributed by atoms with Crippen LogP contribution >= 0.6 is 0 Å². The maximum absolute atomic E-state index is 13.1. The lowest BCUT2D eigenvalue weighted by Crippen LogP contribution is -2.42. The zero-order valence-electron chi connectivity index (χ0n) is 20.9. The molecule has 0 saturated carbocycles. The fraction of sp³-hybridized carbons (Fsp3) is 0.444. The van der Waals surface area contributed by atoms with E-state index in [1.54, 1.807) is 6.07 Å². The van der Waals surface area contributed by atoms with E-state index in [0.29, 0.717) is 6.42 Å². The number of rotatable bonds is 2. The average molecular weight is 514 g/mol. The van der Waals surface area contributed by atoms with Gasteiger partial charge in [0.05, 0.1) is 29.9 Å². The number of aromatic hydroxyl groups is 2. The van der Waals surface area contributed by atoms with E-state index in [9.17, 15) is 29.7 Å². The molecule has 2 aromatic carbocycles. The molecule has 198 valence electrons. The molecule has 6 N–H and O–H groups in total. The number of aliphatic hydroxyl groups is 2. The van der Waals surface area contributed by atoms with Crippen LogP contribution in [0.15, 0.2) is 18.2 Å². The monoisotopic (exact) mass is 513 g/mol. The van der Waals surface area contributed by atoms with E-state index < -0.39 is 40.7 Å². The van der Waals surface area contributed by atoms with Gasteiger partial charge in [0.1, 0.15) is 22.8 Å². The molecule has 3 aliphatic rings. The van der Waals surface area contributed by atoms with Gasteiger partial charge in [-0.25, -0.2) is 0 Å². The van der Waals surface area contributed by atoms with Gasteiger partial charge in [-0.3, -0.25) is 14.4 Å². The predicted molar refractivity (Wildman–Crippen MR) is 131 cm³/mol. The minimum atomic E-state index is -1.69. The molecule has 0 bridgehead atoms. The van der Waals surface area contributed by atoms with Gasteiger partial charge in [0.2, 0.25) is 5.78 Å². The molecule has 1 aliphatic heterocycles. The first-order valence-electron chi connectivity index (χ1n) is 12.1. The van der Waals surface area contributed by atoms with E-state index in [0.717, 1.165) is 6.42 Å². The summed E-state index contributed by atoms with van der Waals surface area (Å²) in [6, 6.07) is 4.65. The summed E-state index contributed by atoms with van der Waals surface area (Å²) < 4.78 is 10.2. The number of benzene rings is 2. The van der Waals surface area contributed by atoms with Crippen molar-refractivity contribution >= 4 is 17.3 Å². The number of nitrogens with two attached hydrogens (primary N) is 1. The summed E-state index contributed by atoms with van der Waals surface area (Å²) in [5.41, 5.74) is 3.79. The van der Waals surface area contributed by atoms with Crippen molar-refractivity contribution in [3.8, 4) is 17.2 Å². The van der Waals surface area contributed by atoms with E-state index in [2.05, 4.69) is 0 Å². The lowest BCUT2D eigenvalue weighted by atomic mass is 9.73. The maximum Gasteiger partial charge on any atom is 0.202 e. The molecule has 0 radical (unpaired) electrons. The Balaban J connectivity index is 0.000000301. The minimum absolute atomic E-state index is 0.0354. The second kappa shape index (κ2) is 9.86. The summed E-state index contributed by atoms with van der Waals surface area (Å²) in [7, 11) is 1.37. The smallest absolute Gasteiger partial charge is 0.202 e. The molecule has 0 amide bonds. The maximum atomic E-state index is 13.1. The Kier molecular flexibility index (Phi) is 7.13. The normalized spacial score (nSPS) is 26.3. The van der Waals surface area contributed by atoms with Crippen molar-refractivity contribution < 1.29 is 44.3 Å². The molecule has 5 rings (SSSR count).